The molecule has 0 atom stereocenters. The van der Waals surface area contributed by atoms with Crippen molar-refractivity contribution in [2.45, 2.75) is 32.7 Å². The average molecular weight is 172 g/mol. The topological polar surface area (TPSA) is 30.7 Å². The van der Waals surface area contributed by atoms with Crippen LogP contribution in [0, 0.1) is 6.85 Å². The molecule has 0 radical (unpaired) electrons. The van der Waals surface area contributed by atoms with Gasteiger partial charge in [0.25, 0.3) is 0 Å². The summed E-state index contributed by atoms with van der Waals surface area (Å²) in [6.45, 7) is 4.45. The zero-order chi connectivity index (χ0) is 11.0. The predicted octanol–water partition coefficient (Wildman–Crippen LogP) is 1.46. The van der Waals surface area contributed by atoms with Crippen LogP contribution < -0.4 is 0 Å². The largest absolute Gasteiger partial charge is 0.255 e. The molecule has 1 aromatic heterocycles. The van der Waals surface area contributed by atoms with E-state index in [-0.39, 0.29) is 5.69 Å². The molecule has 1 rings (SSSR count). The molecule has 0 fully saturated rings. The number of aryl methyl sites for hydroxylation is 1. The fourth-order valence-corrected chi connectivity index (χ4v) is 1.99. The third-order valence-electron chi connectivity index (χ3n) is 1.17. The third-order valence-corrected chi connectivity index (χ3v) is 2.45. The second kappa shape index (κ2) is 2.77. The first-order chi connectivity index (χ1) is 6.18. The van der Waals surface area contributed by atoms with Gasteiger partial charge in [0.15, 0.2) is 0 Å². The molecule has 0 aromatic carbocycles. The lowest BCUT2D eigenvalue weighted by Crippen LogP contribution is -2.28. The van der Waals surface area contributed by atoms with E-state index in [0.717, 1.165) is 6.17 Å². The Balaban J connectivity index is 2.79. The van der Waals surface area contributed by atoms with Crippen molar-refractivity contribution in [2.75, 3.05) is 0 Å². The lowest BCUT2D eigenvalue weighted by molar-refractivity contribution is 0.680. The maximum Gasteiger partial charge on any atom is 0.0796 e. The molecule has 0 amide bonds. The van der Waals surface area contributed by atoms with Gasteiger partial charge in [0.05, 0.1) is 13.8 Å². The van der Waals surface area contributed by atoms with Crippen LogP contribution in [-0.4, -0.2) is 23.1 Å². The summed E-state index contributed by atoms with van der Waals surface area (Å²) in [6, 6.07) is 0. The lowest BCUT2D eigenvalue weighted by atomic mass is 10.6. The summed E-state index contributed by atoms with van der Waals surface area (Å²) in [5, 5.41) is 7.45. The first-order valence-corrected chi connectivity index (χ1v) is 7.30. The number of rotatable bonds is 2. The minimum absolute atomic E-state index is 0.0794. The molecule has 0 N–H and O–H groups in total. The van der Waals surface area contributed by atoms with Crippen molar-refractivity contribution >= 4 is 8.07 Å². The van der Waals surface area contributed by atoms with Crippen molar-refractivity contribution in [1.29, 1.82) is 0 Å². The fraction of sp³-hybridized carbons (Fsp3) is 0.714. The van der Waals surface area contributed by atoms with Crippen LogP contribution in [0.3, 0.4) is 0 Å². The van der Waals surface area contributed by atoms with E-state index < -0.39 is 14.9 Å². The molecule has 0 bridgehead atoms. The molecule has 62 valence electrons. The lowest BCUT2D eigenvalue weighted by Gasteiger charge is -2.14. The highest BCUT2D eigenvalue weighted by Gasteiger charge is 2.14. The Morgan fingerprint density at radius 3 is 2.82 bits per heavy atom. The summed E-state index contributed by atoms with van der Waals surface area (Å²) in [5.41, 5.74) is 0.0794. The highest BCUT2D eigenvalue weighted by atomic mass is 28.3. The fourth-order valence-electron chi connectivity index (χ4n) is 0.862. The number of aromatic nitrogens is 3. The van der Waals surface area contributed by atoms with E-state index in [4.69, 9.17) is 4.11 Å². The minimum atomic E-state index is -2.14. The Labute approximate surface area is 72.6 Å². The van der Waals surface area contributed by atoms with Crippen molar-refractivity contribution < 1.29 is 4.11 Å². The molecule has 0 aliphatic heterocycles. The van der Waals surface area contributed by atoms with Crippen LogP contribution in [-0.2, 0) is 6.17 Å². The van der Waals surface area contributed by atoms with Crippen molar-refractivity contribution in [3.05, 3.63) is 11.9 Å². The van der Waals surface area contributed by atoms with Gasteiger partial charge in [-0.15, -0.1) is 5.10 Å². The molecule has 0 saturated heterocycles. The number of hydrogen-bond acceptors (Lipinski definition) is 2. The van der Waals surface area contributed by atoms with E-state index in [1.54, 1.807) is 4.68 Å². The van der Waals surface area contributed by atoms with Crippen LogP contribution in [0.25, 0.3) is 0 Å². The van der Waals surface area contributed by atoms with Crippen molar-refractivity contribution in [3.8, 4) is 0 Å². The predicted molar refractivity (Wildman–Crippen MR) is 48.1 cm³/mol. The first-order valence-electron chi connectivity index (χ1n) is 5.09. The normalized spacial score (nSPS) is 17.2. The quantitative estimate of drug-likeness (QED) is 0.632. The third kappa shape index (κ3) is 2.84. The van der Waals surface area contributed by atoms with Gasteiger partial charge in [-0.3, -0.25) is 4.68 Å². The van der Waals surface area contributed by atoms with Gasteiger partial charge in [-0.05, 0) is 6.85 Å². The average Bonchev–Trinajstić information content (AvgIpc) is 2.29. The Morgan fingerprint density at radius 1 is 1.64 bits per heavy atom. The summed E-state index contributed by atoms with van der Waals surface area (Å²) in [5.74, 6) is 0. The van der Waals surface area contributed by atoms with E-state index in [1.165, 1.54) is 6.20 Å². The summed E-state index contributed by atoms with van der Waals surface area (Å²) in [4.78, 5) is 0. The molecule has 0 aliphatic carbocycles. The van der Waals surface area contributed by atoms with Crippen molar-refractivity contribution in [3.63, 3.8) is 0 Å². The molecule has 1 heterocycles. The van der Waals surface area contributed by atoms with E-state index in [9.17, 15) is 0 Å². The smallest absolute Gasteiger partial charge is 0.0796 e. The molecule has 1 aromatic rings. The van der Waals surface area contributed by atoms with Gasteiger partial charge >= 0.3 is 0 Å². The molecule has 3 nitrogen and oxygen atoms in total. The van der Waals surface area contributed by atoms with Gasteiger partial charge in [0, 0.05) is 16.5 Å². The Hall–Kier alpha value is -0.643. The summed E-state index contributed by atoms with van der Waals surface area (Å²) in [7, 11) is -1.27. The second-order valence-electron chi connectivity index (χ2n) is 3.86. The van der Waals surface area contributed by atoms with Gasteiger partial charge in [-0.25, -0.2) is 0 Å². The van der Waals surface area contributed by atoms with Crippen LogP contribution in [0.2, 0.25) is 19.6 Å². The Bertz CT molecular complexity index is 313. The zero-order valence-electron chi connectivity index (χ0n) is 10.1. The molecule has 11 heavy (non-hydrogen) atoms. The standard InChI is InChI=1S/C7H15N3Si/c1-7-5-10(9-8-7)6-11(2,3)4/h5H,6H2,1-4H3/i1D3. The van der Waals surface area contributed by atoms with Gasteiger partial charge < -0.3 is 0 Å². The van der Waals surface area contributed by atoms with Gasteiger partial charge in [-0.2, -0.15) is 0 Å². The van der Waals surface area contributed by atoms with Crippen LogP contribution in [0.1, 0.15) is 9.81 Å². The molecule has 0 aliphatic rings. The minimum Gasteiger partial charge on any atom is -0.255 e. The monoisotopic (exact) mass is 172 g/mol. The maximum absolute atomic E-state index is 7.15. The molecule has 0 saturated carbocycles. The first kappa shape index (κ1) is 5.08. The molecule has 0 spiro atoms. The SMILES string of the molecule is [2H]C([2H])([2H])c1cn(C[Si](C)(C)C)nn1. The highest BCUT2D eigenvalue weighted by molar-refractivity contribution is 6.74. The number of hydrogen-bond donors (Lipinski definition) is 0. The Kier molecular flexibility index (Phi) is 1.28. The van der Waals surface area contributed by atoms with E-state index >= 15 is 0 Å². The van der Waals surface area contributed by atoms with Gasteiger partial charge in [-0.1, -0.05) is 24.9 Å². The molecular weight excluding hydrogens is 154 g/mol. The summed E-state index contributed by atoms with van der Waals surface area (Å²) in [6.07, 6.45) is 2.32. The highest BCUT2D eigenvalue weighted by Crippen LogP contribution is 2.03. The van der Waals surface area contributed by atoms with Crippen molar-refractivity contribution in [2.24, 2.45) is 0 Å². The van der Waals surface area contributed by atoms with E-state index in [2.05, 4.69) is 30.0 Å². The number of nitrogens with zero attached hydrogens (tertiary/aromatic N) is 3. The summed E-state index contributed by atoms with van der Waals surface area (Å²) >= 11 is 0. The van der Waals surface area contributed by atoms with Gasteiger partial charge in [0.2, 0.25) is 0 Å². The van der Waals surface area contributed by atoms with Crippen LogP contribution >= 0.6 is 0 Å². The maximum atomic E-state index is 7.15. The van der Waals surface area contributed by atoms with Crippen LogP contribution in [0.4, 0.5) is 0 Å². The molecule has 0 unspecified atom stereocenters. The van der Waals surface area contributed by atoms with Gasteiger partial charge in [0.1, 0.15) is 0 Å². The van der Waals surface area contributed by atoms with Crippen LogP contribution in [0.5, 0.6) is 0 Å². The Morgan fingerprint density at radius 2 is 2.36 bits per heavy atom. The van der Waals surface area contributed by atoms with Crippen molar-refractivity contribution in [1.82, 2.24) is 15.0 Å². The second-order valence-corrected chi connectivity index (χ2v) is 9.30. The zero-order valence-corrected chi connectivity index (χ0v) is 8.13. The van der Waals surface area contributed by atoms with E-state index in [0.29, 0.717) is 0 Å². The molecular formula is C7H15N3Si. The van der Waals surface area contributed by atoms with Crippen LogP contribution in [0.15, 0.2) is 6.20 Å². The molecule has 4 heteroatoms. The summed E-state index contributed by atoms with van der Waals surface area (Å²) < 4.78 is 23.1. The van der Waals surface area contributed by atoms with E-state index in [1.807, 2.05) is 0 Å².